The number of aromatic nitrogens is 1. The number of hydrogen-bond acceptors (Lipinski definition) is 4. The summed E-state index contributed by atoms with van der Waals surface area (Å²) in [6.07, 6.45) is 5.58. The molecule has 0 saturated carbocycles. The molecule has 1 aliphatic heterocycles. The van der Waals surface area contributed by atoms with Gasteiger partial charge in [0.1, 0.15) is 0 Å². The number of rotatable bonds is 5. The fourth-order valence-corrected chi connectivity index (χ4v) is 5.83. The van der Waals surface area contributed by atoms with Crippen molar-refractivity contribution in [1.82, 2.24) is 9.71 Å². The molecule has 0 radical (unpaired) electrons. The molecule has 28 heavy (non-hydrogen) atoms. The number of pyridine rings is 1. The van der Waals surface area contributed by atoms with E-state index in [2.05, 4.69) is 21.5 Å². The Morgan fingerprint density at radius 3 is 1.96 bits per heavy atom. The molecule has 2 aromatic rings. The molecule has 2 heterocycles. The van der Waals surface area contributed by atoms with Crippen molar-refractivity contribution >= 4 is 15.7 Å². The lowest BCUT2D eigenvalue weighted by atomic mass is 9.95. The van der Waals surface area contributed by atoms with Crippen molar-refractivity contribution < 1.29 is 8.42 Å². The van der Waals surface area contributed by atoms with Gasteiger partial charge in [-0.1, -0.05) is 0 Å². The molecular weight excluding hydrogens is 370 g/mol. The van der Waals surface area contributed by atoms with Crippen molar-refractivity contribution in [2.75, 3.05) is 24.5 Å². The van der Waals surface area contributed by atoms with E-state index in [4.69, 9.17) is 0 Å². The van der Waals surface area contributed by atoms with E-state index in [1.807, 2.05) is 52.2 Å². The lowest BCUT2D eigenvalue weighted by molar-refractivity contribution is 0.402. The smallest absolute Gasteiger partial charge is 0.241 e. The first-order chi connectivity index (χ1) is 13.2. The molecule has 5 nitrogen and oxygen atoms in total. The number of anilines is 1. The van der Waals surface area contributed by atoms with E-state index in [-0.39, 0.29) is 0 Å². The van der Waals surface area contributed by atoms with Crippen molar-refractivity contribution in [3.8, 4) is 0 Å². The van der Waals surface area contributed by atoms with Crippen molar-refractivity contribution in [3.63, 3.8) is 0 Å². The van der Waals surface area contributed by atoms with Gasteiger partial charge < -0.3 is 4.90 Å². The van der Waals surface area contributed by atoms with Crippen LogP contribution in [0.2, 0.25) is 0 Å². The van der Waals surface area contributed by atoms with Crippen LogP contribution < -0.4 is 9.62 Å². The van der Waals surface area contributed by atoms with Gasteiger partial charge in [-0.25, -0.2) is 13.1 Å². The second kappa shape index (κ2) is 8.21. The maximum absolute atomic E-state index is 13.1. The highest BCUT2D eigenvalue weighted by molar-refractivity contribution is 7.89. The normalized spacial score (nSPS) is 15.8. The van der Waals surface area contributed by atoms with E-state index < -0.39 is 10.0 Å². The van der Waals surface area contributed by atoms with Crippen molar-refractivity contribution in [2.45, 2.75) is 52.4 Å². The lowest BCUT2D eigenvalue weighted by Gasteiger charge is -2.33. The van der Waals surface area contributed by atoms with Gasteiger partial charge in [0.05, 0.1) is 4.90 Å². The molecule has 152 valence electrons. The number of hydrogen-bond donors (Lipinski definition) is 1. The Morgan fingerprint density at radius 1 is 0.929 bits per heavy atom. The summed E-state index contributed by atoms with van der Waals surface area (Å²) in [7, 11) is -3.52. The third kappa shape index (κ3) is 4.08. The Labute approximate surface area is 169 Å². The average Bonchev–Trinajstić information content (AvgIpc) is 2.70. The molecule has 0 amide bonds. The molecule has 1 fully saturated rings. The third-order valence-corrected chi connectivity index (χ3v) is 8.10. The highest BCUT2D eigenvalue weighted by Crippen LogP contribution is 2.30. The highest BCUT2D eigenvalue weighted by Gasteiger charge is 2.26. The second-order valence-electron chi connectivity index (χ2n) is 7.94. The topological polar surface area (TPSA) is 62.3 Å². The zero-order valence-corrected chi connectivity index (χ0v) is 18.4. The Hall–Kier alpha value is -1.92. The van der Waals surface area contributed by atoms with Gasteiger partial charge in [0, 0.05) is 37.7 Å². The van der Waals surface area contributed by atoms with Crippen LogP contribution in [0.25, 0.3) is 0 Å². The van der Waals surface area contributed by atoms with Crippen LogP contribution in [0.15, 0.2) is 29.4 Å². The van der Waals surface area contributed by atoms with E-state index in [9.17, 15) is 8.42 Å². The molecule has 6 heteroatoms. The summed E-state index contributed by atoms with van der Waals surface area (Å²) < 4.78 is 29.1. The minimum atomic E-state index is -3.52. The number of nitrogens with zero attached hydrogens (tertiary/aromatic N) is 2. The van der Waals surface area contributed by atoms with Crippen molar-refractivity contribution in [1.29, 1.82) is 0 Å². The summed E-state index contributed by atoms with van der Waals surface area (Å²) in [6, 6.07) is 4.05. The molecule has 1 aromatic heterocycles. The number of piperidine rings is 1. The fraction of sp³-hybridized carbons (Fsp3) is 0.500. The first kappa shape index (κ1) is 20.8. The summed E-state index contributed by atoms with van der Waals surface area (Å²) >= 11 is 0. The minimum absolute atomic E-state index is 0.362. The van der Waals surface area contributed by atoms with Crippen LogP contribution >= 0.6 is 0 Å². The second-order valence-corrected chi connectivity index (χ2v) is 9.65. The Kier molecular flexibility index (Phi) is 6.10. The van der Waals surface area contributed by atoms with Crippen molar-refractivity contribution in [3.05, 3.63) is 52.3 Å². The van der Waals surface area contributed by atoms with Crippen LogP contribution in [0.5, 0.6) is 0 Å². The van der Waals surface area contributed by atoms with Gasteiger partial charge in [-0.2, -0.15) is 0 Å². The molecule has 0 spiro atoms. The minimum Gasteiger partial charge on any atom is -0.371 e. The van der Waals surface area contributed by atoms with Gasteiger partial charge in [0.15, 0.2) is 0 Å². The molecule has 1 aromatic carbocycles. The molecule has 0 unspecified atom stereocenters. The maximum atomic E-state index is 13.1. The number of sulfonamides is 1. The summed E-state index contributed by atoms with van der Waals surface area (Å²) in [5.74, 6) is 0.362. The quantitative estimate of drug-likeness (QED) is 0.827. The van der Waals surface area contributed by atoms with E-state index in [1.165, 1.54) is 11.3 Å². The van der Waals surface area contributed by atoms with Gasteiger partial charge in [0.25, 0.3) is 0 Å². The highest BCUT2D eigenvalue weighted by atomic mass is 32.2. The zero-order valence-electron chi connectivity index (χ0n) is 17.5. The molecule has 0 aliphatic carbocycles. The van der Waals surface area contributed by atoms with Crippen LogP contribution in [0.3, 0.4) is 0 Å². The molecular formula is C22H31N3O2S. The van der Waals surface area contributed by atoms with Crippen LogP contribution in [0.1, 0.15) is 40.7 Å². The maximum Gasteiger partial charge on any atom is 0.241 e. The average molecular weight is 402 g/mol. The molecule has 1 aliphatic rings. The molecule has 0 atom stereocenters. The summed E-state index contributed by atoms with van der Waals surface area (Å²) in [5.41, 5.74) is 6.22. The largest absolute Gasteiger partial charge is 0.371 e. The van der Waals surface area contributed by atoms with Crippen LogP contribution in [0.4, 0.5) is 5.69 Å². The van der Waals surface area contributed by atoms with E-state index >= 15 is 0 Å². The van der Waals surface area contributed by atoms with Crippen LogP contribution in [-0.2, 0) is 10.0 Å². The molecule has 0 bridgehead atoms. The third-order valence-electron chi connectivity index (χ3n) is 6.40. The summed E-state index contributed by atoms with van der Waals surface area (Å²) in [6.45, 7) is 12.3. The monoisotopic (exact) mass is 401 g/mol. The predicted molar refractivity (Wildman–Crippen MR) is 114 cm³/mol. The fourth-order valence-electron chi connectivity index (χ4n) is 4.12. The van der Waals surface area contributed by atoms with Gasteiger partial charge in [-0.3, -0.25) is 4.98 Å². The van der Waals surface area contributed by atoms with E-state index in [1.54, 1.807) is 0 Å². The van der Waals surface area contributed by atoms with Gasteiger partial charge >= 0.3 is 0 Å². The molecule has 1 saturated heterocycles. The standard InChI is InChI=1S/C22H31N3O2S/c1-15-16(2)18(4)22(19(5)17(15)3)28(26,27)24-14-20-8-12-25(13-9-20)21-6-10-23-11-7-21/h6-7,10-11,20,24H,8-9,12-14H2,1-5H3. The Morgan fingerprint density at radius 2 is 1.43 bits per heavy atom. The number of nitrogens with one attached hydrogen (secondary N) is 1. The zero-order chi connectivity index (χ0) is 20.5. The van der Waals surface area contributed by atoms with E-state index in [0.29, 0.717) is 17.4 Å². The van der Waals surface area contributed by atoms with Crippen LogP contribution in [0, 0.1) is 40.5 Å². The lowest BCUT2D eigenvalue weighted by Crippen LogP contribution is -2.39. The van der Waals surface area contributed by atoms with Crippen molar-refractivity contribution in [2.24, 2.45) is 5.92 Å². The summed E-state index contributed by atoms with van der Waals surface area (Å²) in [5, 5.41) is 0. The Bertz CT molecular complexity index is 918. The SMILES string of the molecule is Cc1c(C)c(C)c(S(=O)(=O)NCC2CCN(c3ccncc3)CC2)c(C)c1C. The first-order valence-electron chi connectivity index (χ1n) is 9.94. The number of benzene rings is 1. The van der Waals surface area contributed by atoms with Gasteiger partial charge in [0.2, 0.25) is 10.0 Å². The Balaban J connectivity index is 1.67. The van der Waals surface area contributed by atoms with Gasteiger partial charge in [-0.05, 0) is 93.3 Å². The molecule has 1 N–H and O–H groups in total. The van der Waals surface area contributed by atoms with Gasteiger partial charge in [-0.15, -0.1) is 0 Å². The van der Waals surface area contributed by atoms with E-state index in [0.717, 1.165) is 48.2 Å². The summed E-state index contributed by atoms with van der Waals surface area (Å²) in [4.78, 5) is 6.87. The predicted octanol–water partition coefficient (Wildman–Crippen LogP) is 3.82. The first-order valence-corrected chi connectivity index (χ1v) is 11.4. The molecule has 3 rings (SSSR count). The van der Waals surface area contributed by atoms with Crippen LogP contribution in [-0.4, -0.2) is 33.0 Å².